The van der Waals surface area contributed by atoms with Gasteiger partial charge in [0, 0.05) is 24.0 Å². The third kappa shape index (κ3) is 3.13. The summed E-state index contributed by atoms with van der Waals surface area (Å²) < 4.78 is 5.43. The zero-order valence-electron chi connectivity index (χ0n) is 11.8. The van der Waals surface area contributed by atoms with Crippen LogP contribution in [0.25, 0.3) is 0 Å². The minimum atomic E-state index is -0.915. The van der Waals surface area contributed by atoms with Crippen molar-refractivity contribution < 1.29 is 14.6 Å². The molecule has 1 fully saturated rings. The molecule has 0 amide bonds. The van der Waals surface area contributed by atoms with Crippen LogP contribution in [-0.4, -0.2) is 46.3 Å². The maximum absolute atomic E-state index is 10.5. The average molecular weight is 284 g/mol. The summed E-state index contributed by atoms with van der Waals surface area (Å²) in [6, 6.07) is 0.313. The topological polar surface area (TPSA) is 62.7 Å². The number of thiazole rings is 1. The van der Waals surface area contributed by atoms with Crippen molar-refractivity contribution in [2.75, 3.05) is 19.7 Å². The highest BCUT2D eigenvalue weighted by atomic mass is 32.1. The first kappa shape index (κ1) is 14.4. The van der Waals surface area contributed by atoms with Crippen LogP contribution < -0.4 is 0 Å². The number of likely N-dealkylation sites (tertiary alicyclic amines) is 1. The number of ether oxygens (including phenoxy) is 1. The van der Waals surface area contributed by atoms with Crippen LogP contribution in [0.5, 0.6) is 0 Å². The van der Waals surface area contributed by atoms with Crippen LogP contribution in [0.4, 0.5) is 0 Å². The van der Waals surface area contributed by atoms with E-state index in [9.17, 15) is 4.79 Å². The molecule has 0 spiro atoms. The molecule has 1 atom stereocenters. The lowest BCUT2D eigenvalue weighted by molar-refractivity contribution is -0.169. The van der Waals surface area contributed by atoms with Gasteiger partial charge in [-0.2, -0.15) is 0 Å². The fraction of sp³-hybridized carbons (Fsp3) is 0.692. The van der Waals surface area contributed by atoms with Gasteiger partial charge in [0.2, 0.25) is 0 Å². The largest absolute Gasteiger partial charge is 0.480 e. The second kappa shape index (κ2) is 5.19. The van der Waals surface area contributed by atoms with Gasteiger partial charge in [-0.05, 0) is 27.7 Å². The number of carboxylic acids is 1. The van der Waals surface area contributed by atoms with Crippen LogP contribution in [0.15, 0.2) is 0 Å². The van der Waals surface area contributed by atoms with Gasteiger partial charge < -0.3 is 9.84 Å². The quantitative estimate of drug-likeness (QED) is 0.896. The van der Waals surface area contributed by atoms with Crippen LogP contribution in [0.1, 0.15) is 35.5 Å². The van der Waals surface area contributed by atoms with Crippen LogP contribution in [0.2, 0.25) is 0 Å². The van der Waals surface area contributed by atoms with Crippen molar-refractivity contribution in [3.05, 3.63) is 15.6 Å². The number of nitrogens with zero attached hydrogens (tertiary/aromatic N) is 2. The number of aryl methyl sites for hydroxylation is 2. The van der Waals surface area contributed by atoms with E-state index < -0.39 is 5.97 Å². The molecule has 1 aromatic heterocycles. The molecule has 2 heterocycles. The van der Waals surface area contributed by atoms with Crippen molar-refractivity contribution in [3.8, 4) is 0 Å². The Kier molecular flexibility index (Phi) is 3.94. The van der Waals surface area contributed by atoms with Crippen LogP contribution in [0, 0.1) is 13.8 Å². The second-order valence-corrected chi connectivity index (χ2v) is 6.63. The summed E-state index contributed by atoms with van der Waals surface area (Å²) in [4.78, 5) is 18.6. The number of hydrogen-bond acceptors (Lipinski definition) is 5. The third-order valence-corrected chi connectivity index (χ3v) is 4.73. The van der Waals surface area contributed by atoms with E-state index in [0.717, 1.165) is 23.8 Å². The molecule has 1 aromatic rings. The monoisotopic (exact) mass is 284 g/mol. The SMILES string of the molecule is Cc1nc(C)c(C(C)N2CC(C)(OCC(=O)O)C2)s1. The van der Waals surface area contributed by atoms with Gasteiger partial charge in [0.1, 0.15) is 6.61 Å². The molecule has 1 saturated heterocycles. The standard InChI is InChI=1S/C13H20N2O3S/c1-8-12(19-10(3)14-8)9(2)15-6-13(4,7-15)18-5-11(16)17/h9H,5-7H2,1-4H3,(H,16,17). The second-order valence-electron chi connectivity index (χ2n) is 5.40. The van der Waals surface area contributed by atoms with Gasteiger partial charge in [-0.25, -0.2) is 9.78 Å². The molecule has 1 aliphatic rings. The average Bonchev–Trinajstić information content (AvgIpc) is 2.61. The Morgan fingerprint density at radius 1 is 1.58 bits per heavy atom. The Morgan fingerprint density at radius 3 is 2.68 bits per heavy atom. The summed E-state index contributed by atoms with van der Waals surface area (Å²) in [5.41, 5.74) is 0.760. The van der Waals surface area contributed by atoms with Gasteiger partial charge in [0.05, 0.1) is 16.3 Å². The van der Waals surface area contributed by atoms with Crippen molar-refractivity contribution in [1.29, 1.82) is 0 Å². The summed E-state index contributed by atoms with van der Waals surface area (Å²) in [6.45, 7) is 9.48. The Balaban J connectivity index is 1.92. The van der Waals surface area contributed by atoms with E-state index in [1.54, 1.807) is 11.3 Å². The Hall–Kier alpha value is -0.980. The summed E-state index contributed by atoms with van der Waals surface area (Å²) in [7, 11) is 0. The maximum Gasteiger partial charge on any atom is 0.329 e. The molecule has 1 unspecified atom stereocenters. The summed E-state index contributed by atoms with van der Waals surface area (Å²) in [5.74, 6) is -0.915. The van der Waals surface area contributed by atoms with Crippen molar-refractivity contribution in [3.63, 3.8) is 0 Å². The molecular formula is C13H20N2O3S. The molecule has 5 nitrogen and oxygen atoms in total. The smallest absolute Gasteiger partial charge is 0.329 e. The molecule has 0 aliphatic carbocycles. The molecule has 0 saturated carbocycles. The Bertz CT molecular complexity index is 480. The number of hydrogen-bond donors (Lipinski definition) is 1. The van der Waals surface area contributed by atoms with Crippen LogP contribution >= 0.6 is 11.3 Å². The lowest BCUT2D eigenvalue weighted by Gasteiger charge is -2.50. The fourth-order valence-corrected chi connectivity index (χ4v) is 3.53. The van der Waals surface area contributed by atoms with E-state index in [1.807, 2.05) is 20.8 Å². The molecule has 1 N–H and O–H groups in total. The first-order valence-corrected chi connectivity index (χ1v) is 7.16. The van der Waals surface area contributed by atoms with Gasteiger partial charge in [0.25, 0.3) is 0 Å². The van der Waals surface area contributed by atoms with E-state index in [0.29, 0.717) is 6.04 Å². The van der Waals surface area contributed by atoms with Crippen LogP contribution in [0.3, 0.4) is 0 Å². The Labute approximate surface area is 117 Å². The normalized spacial score (nSPS) is 20.0. The minimum absolute atomic E-state index is 0.225. The van der Waals surface area contributed by atoms with Crippen molar-refractivity contribution >= 4 is 17.3 Å². The molecule has 0 aromatic carbocycles. The highest BCUT2D eigenvalue weighted by Crippen LogP contribution is 2.36. The lowest BCUT2D eigenvalue weighted by atomic mass is 9.94. The molecule has 106 valence electrons. The van der Waals surface area contributed by atoms with Gasteiger partial charge in [-0.1, -0.05) is 0 Å². The molecule has 6 heteroatoms. The highest BCUT2D eigenvalue weighted by Gasteiger charge is 2.43. The van der Waals surface area contributed by atoms with Crippen molar-refractivity contribution in [2.45, 2.75) is 39.3 Å². The van der Waals surface area contributed by atoms with Crippen LogP contribution in [-0.2, 0) is 9.53 Å². The summed E-state index contributed by atoms with van der Waals surface area (Å²) in [5, 5.41) is 9.73. The predicted molar refractivity (Wildman–Crippen MR) is 73.6 cm³/mol. The zero-order chi connectivity index (χ0) is 14.2. The minimum Gasteiger partial charge on any atom is -0.480 e. The van der Waals surface area contributed by atoms with Crippen molar-refractivity contribution in [1.82, 2.24) is 9.88 Å². The molecular weight excluding hydrogens is 264 g/mol. The highest BCUT2D eigenvalue weighted by molar-refractivity contribution is 7.11. The lowest BCUT2D eigenvalue weighted by Crippen LogP contribution is -2.62. The first-order chi connectivity index (χ1) is 8.81. The van der Waals surface area contributed by atoms with Gasteiger partial charge in [0.15, 0.2) is 0 Å². The van der Waals surface area contributed by atoms with E-state index in [1.165, 1.54) is 4.88 Å². The molecule has 0 bridgehead atoms. The van der Waals surface area contributed by atoms with E-state index in [2.05, 4.69) is 16.8 Å². The van der Waals surface area contributed by atoms with Gasteiger partial charge in [-0.15, -0.1) is 11.3 Å². The van der Waals surface area contributed by atoms with Gasteiger partial charge in [-0.3, -0.25) is 4.90 Å². The number of aromatic nitrogens is 1. The number of aliphatic carboxylic acids is 1. The molecule has 1 aliphatic heterocycles. The Morgan fingerprint density at radius 2 is 2.21 bits per heavy atom. The maximum atomic E-state index is 10.5. The molecule has 0 radical (unpaired) electrons. The van der Waals surface area contributed by atoms with E-state index in [-0.39, 0.29) is 12.2 Å². The van der Waals surface area contributed by atoms with E-state index >= 15 is 0 Å². The third-order valence-electron chi connectivity index (χ3n) is 3.49. The van der Waals surface area contributed by atoms with Gasteiger partial charge >= 0.3 is 5.97 Å². The number of carbonyl (C=O) groups is 1. The summed E-state index contributed by atoms with van der Waals surface area (Å²) >= 11 is 1.73. The van der Waals surface area contributed by atoms with E-state index in [4.69, 9.17) is 9.84 Å². The predicted octanol–water partition coefficient (Wildman–Crippen LogP) is 2.00. The van der Waals surface area contributed by atoms with Crippen molar-refractivity contribution in [2.24, 2.45) is 0 Å². The molecule has 19 heavy (non-hydrogen) atoms. The molecule has 2 rings (SSSR count). The number of carboxylic acid groups (broad SMARTS) is 1. The summed E-state index contributed by atoms with van der Waals surface area (Å²) in [6.07, 6.45) is 0. The zero-order valence-corrected chi connectivity index (χ0v) is 12.6. The fourth-order valence-electron chi connectivity index (χ4n) is 2.51. The first-order valence-electron chi connectivity index (χ1n) is 6.34. The number of rotatable bonds is 5.